The third-order valence-electron chi connectivity index (χ3n) is 6.05. The first-order valence-corrected chi connectivity index (χ1v) is 12.2. The molecule has 8 nitrogen and oxygen atoms in total. The van der Waals surface area contributed by atoms with E-state index in [9.17, 15) is 19.5 Å². The van der Waals surface area contributed by atoms with Crippen LogP contribution in [0.15, 0.2) is 97.3 Å². The average Bonchev–Trinajstić information content (AvgIpc) is 2.86. The molecule has 2 aromatic rings. The first-order chi connectivity index (χ1) is 17.9. The largest absolute Gasteiger partial charge is 0.548 e. The number of hydrogen-bond acceptors (Lipinski definition) is 6. The van der Waals surface area contributed by atoms with Gasteiger partial charge in [-0.05, 0) is 19.4 Å². The molecular formula is C30H36N2O6. The van der Waals surface area contributed by atoms with E-state index in [2.05, 4.69) is 25.1 Å². The van der Waals surface area contributed by atoms with E-state index in [1.54, 1.807) is 6.92 Å². The molecule has 202 valence electrons. The monoisotopic (exact) mass is 520 g/mol. The van der Waals surface area contributed by atoms with Crippen LogP contribution in [0.2, 0.25) is 0 Å². The number of nitrogens with zero attached hydrogens (tertiary/aromatic N) is 1. The van der Waals surface area contributed by atoms with Crippen LogP contribution in [0.4, 0.5) is 0 Å². The summed E-state index contributed by atoms with van der Waals surface area (Å²) in [5.74, 6) is -2.60. The maximum Gasteiger partial charge on any atom is 0.333 e. The van der Waals surface area contributed by atoms with Crippen LogP contribution < -0.4 is 10.4 Å². The number of likely N-dealkylation sites (N-methyl/N-ethyl adjacent to an activating group) is 1. The SMILES string of the molecule is C=C(C)C(=C)OC[C@H](NC(=O)[C@H](COC(=O)C(=C)C)[N+](C)(Cc1ccccc1)Cc1ccccc1)C(=O)[O-]. The van der Waals surface area contributed by atoms with Crippen molar-refractivity contribution >= 4 is 17.8 Å². The van der Waals surface area contributed by atoms with E-state index < -0.39 is 36.5 Å². The van der Waals surface area contributed by atoms with Gasteiger partial charge in [0.1, 0.15) is 31.5 Å². The lowest BCUT2D eigenvalue weighted by molar-refractivity contribution is -0.950. The van der Waals surface area contributed by atoms with E-state index in [1.807, 2.05) is 67.7 Å². The van der Waals surface area contributed by atoms with Gasteiger partial charge in [-0.1, -0.05) is 80.4 Å². The number of amides is 1. The standard InChI is InChI=1S/C30H36N2O6/c1-21(2)23(5)37-19-26(29(34)35)31-28(33)27(20-38-30(36)22(3)4)32(6,17-24-13-9-7-10-14-24)18-25-15-11-8-12-16-25/h7-16,26-27H,1,3,5,17-20H2,2,4,6H3,(H-,31,33,34,35)/t26-,27-/m0/s1. The first kappa shape index (κ1) is 30.1. The summed E-state index contributed by atoms with van der Waals surface area (Å²) in [4.78, 5) is 37.9. The second-order valence-electron chi connectivity index (χ2n) is 9.56. The summed E-state index contributed by atoms with van der Waals surface area (Å²) < 4.78 is 10.9. The molecule has 0 aliphatic heterocycles. The van der Waals surface area contributed by atoms with E-state index >= 15 is 0 Å². The number of allylic oxidation sites excluding steroid dienone is 1. The van der Waals surface area contributed by atoms with E-state index in [4.69, 9.17) is 9.47 Å². The van der Waals surface area contributed by atoms with E-state index in [-0.39, 0.29) is 22.4 Å². The lowest BCUT2D eigenvalue weighted by Gasteiger charge is -2.41. The lowest BCUT2D eigenvalue weighted by Crippen LogP contribution is -2.62. The number of rotatable bonds is 15. The number of esters is 1. The highest BCUT2D eigenvalue weighted by Crippen LogP contribution is 2.23. The van der Waals surface area contributed by atoms with Crippen molar-refractivity contribution in [1.82, 2.24) is 5.32 Å². The molecule has 0 aliphatic rings. The number of quaternary nitrogens is 1. The third-order valence-corrected chi connectivity index (χ3v) is 6.05. The van der Waals surface area contributed by atoms with E-state index in [0.717, 1.165) is 11.1 Å². The fourth-order valence-corrected chi connectivity index (χ4v) is 3.84. The fourth-order valence-electron chi connectivity index (χ4n) is 3.84. The molecule has 0 radical (unpaired) electrons. The van der Waals surface area contributed by atoms with Crippen LogP contribution in [-0.2, 0) is 36.9 Å². The molecule has 0 aromatic heterocycles. The van der Waals surface area contributed by atoms with Crippen LogP contribution in [0.1, 0.15) is 25.0 Å². The van der Waals surface area contributed by atoms with Gasteiger partial charge in [0, 0.05) is 16.7 Å². The van der Waals surface area contributed by atoms with Gasteiger partial charge >= 0.3 is 5.97 Å². The molecule has 0 saturated heterocycles. The molecular weight excluding hydrogens is 484 g/mol. The Bertz CT molecular complexity index is 1120. The predicted octanol–water partition coefficient (Wildman–Crippen LogP) is 2.66. The minimum absolute atomic E-state index is 0.0857. The Labute approximate surface area is 224 Å². The summed E-state index contributed by atoms with van der Waals surface area (Å²) in [6.45, 7) is 14.3. The molecule has 2 atom stereocenters. The van der Waals surface area contributed by atoms with Gasteiger partial charge in [-0.3, -0.25) is 4.79 Å². The predicted molar refractivity (Wildman–Crippen MR) is 143 cm³/mol. The molecule has 0 spiro atoms. The number of carbonyl (C=O) groups is 3. The van der Waals surface area contributed by atoms with Gasteiger partial charge in [0.2, 0.25) is 6.04 Å². The van der Waals surface area contributed by atoms with Gasteiger partial charge < -0.3 is 29.2 Å². The Morgan fingerprint density at radius 1 is 0.842 bits per heavy atom. The van der Waals surface area contributed by atoms with Gasteiger partial charge in [0.15, 0.2) is 6.61 Å². The normalized spacial score (nSPS) is 12.5. The van der Waals surface area contributed by atoms with Crippen molar-refractivity contribution in [2.75, 3.05) is 20.3 Å². The Morgan fingerprint density at radius 3 is 1.76 bits per heavy atom. The first-order valence-electron chi connectivity index (χ1n) is 12.2. The smallest absolute Gasteiger partial charge is 0.333 e. The lowest BCUT2D eigenvalue weighted by atomic mass is 10.1. The number of carboxylic acid groups (broad SMARTS) is 1. The molecule has 0 saturated carbocycles. The van der Waals surface area contributed by atoms with Crippen LogP contribution in [0.3, 0.4) is 0 Å². The van der Waals surface area contributed by atoms with Crippen molar-refractivity contribution in [2.45, 2.75) is 39.0 Å². The zero-order valence-electron chi connectivity index (χ0n) is 22.3. The number of carboxylic acids is 1. The molecule has 1 amide bonds. The highest BCUT2D eigenvalue weighted by Gasteiger charge is 2.41. The maximum atomic E-state index is 13.7. The van der Waals surface area contributed by atoms with E-state index in [1.165, 1.54) is 6.92 Å². The van der Waals surface area contributed by atoms with Gasteiger partial charge in [-0.15, -0.1) is 0 Å². The molecule has 38 heavy (non-hydrogen) atoms. The summed E-state index contributed by atoms with van der Waals surface area (Å²) in [6, 6.07) is 16.7. The number of hydrogen-bond donors (Lipinski definition) is 1. The quantitative estimate of drug-likeness (QED) is 0.127. The second kappa shape index (κ2) is 13.9. The number of benzene rings is 2. The summed E-state index contributed by atoms with van der Waals surface area (Å²) >= 11 is 0. The molecule has 1 N–H and O–H groups in total. The molecule has 0 fully saturated rings. The van der Waals surface area contributed by atoms with Crippen LogP contribution in [-0.4, -0.2) is 54.7 Å². The molecule has 8 heteroatoms. The topological polar surface area (TPSA) is 105 Å². The van der Waals surface area contributed by atoms with Gasteiger partial charge in [-0.2, -0.15) is 0 Å². The summed E-state index contributed by atoms with van der Waals surface area (Å²) in [5.41, 5.74) is 2.61. The Hall–Kier alpha value is -4.17. The third kappa shape index (κ3) is 9.05. The Balaban J connectivity index is 2.44. The zero-order chi connectivity index (χ0) is 28.3. The molecule has 0 unspecified atom stereocenters. The second-order valence-corrected chi connectivity index (χ2v) is 9.56. The minimum Gasteiger partial charge on any atom is -0.548 e. The summed E-state index contributed by atoms with van der Waals surface area (Å²) in [5, 5.41) is 14.4. The number of nitrogens with one attached hydrogen (secondary N) is 1. The average molecular weight is 521 g/mol. The molecule has 0 bridgehead atoms. The van der Waals surface area contributed by atoms with Gasteiger partial charge in [0.05, 0.1) is 13.0 Å². The number of carbonyl (C=O) groups excluding carboxylic acids is 3. The highest BCUT2D eigenvalue weighted by atomic mass is 16.5. The summed E-state index contributed by atoms with van der Waals surface area (Å²) in [6.07, 6.45) is 0. The van der Waals surface area contributed by atoms with Crippen LogP contribution >= 0.6 is 0 Å². The van der Waals surface area contributed by atoms with Crippen LogP contribution in [0, 0.1) is 0 Å². The molecule has 0 aliphatic carbocycles. The zero-order valence-corrected chi connectivity index (χ0v) is 22.3. The fraction of sp³-hybridized carbons (Fsp3) is 0.300. The Kier molecular flexibility index (Phi) is 11.0. The van der Waals surface area contributed by atoms with Crippen molar-refractivity contribution in [2.24, 2.45) is 0 Å². The minimum atomic E-state index is -1.52. The van der Waals surface area contributed by atoms with Gasteiger partial charge in [-0.25, -0.2) is 4.79 Å². The maximum absolute atomic E-state index is 13.7. The summed E-state index contributed by atoms with van der Waals surface area (Å²) in [7, 11) is 1.87. The van der Waals surface area contributed by atoms with Crippen LogP contribution in [0.25, 0.3) is 0 Å². The Morgan fingerprint density at radius 2 is 1.34 bits per heavy atom. The van der Waals surface area contributed by atoms with Crippen LogP contribution in [0.5, 0.6) is 0 Å². The molecule has 2 rings (SSSR count). The van der Waals surface area contributed by atoms with Crippen molar-refractivity contribution in [3.8, 4) is 0 Å². The molecule has 2 aromatic carbocycles. The highest BCUT2D eigenvalue weighted by molar-refractivity contribution is 5.88. The van der Waals surface area contributed by atoms with Gasteiger partial charge in [0.25, 0.3) is 5.91 Å². The van der Waals surface area contributed by atoms with Crippen molar-refractivity contribution in [1.29, 1.82) is 0 Å². The molecule has 0 heterocycles. The number of ether oxygens (including phenoxy) is 2. The van der Waals surface area contributed by atoms with E-state index in [0.29, 0.717) is 18.7 Å². The van der Waals surface area contributed by atoms with Crippen molar-refractivity contribution in [3.63, 3.8) is 0 Å². The van der Waals surface area contributed by atoms with Crippen molar-refractivity contribution < 1.29 is 33.4 Å². The number of aliphatic carboxylic acids is 1. The van der Waals surface area contributed by atoms with Crippen molar-refractivity contribution in [3.05, 3.63) is 108 Å².